The highest BCUT2D eigenvalue weighted by molar-refractivity contribution is 5.79. The van der Waals surface area contributed by atoms with Crippen LogP contribution in [0.4, 0.5) is 4.79 Å². The molecule has 0 radical (unpaired) electrons. The van der Waals surface area contributed by atoms with Crippen LogP contribution in [0.3, 0.4) is 0 Å². The Balaban J connectivity index is 1.33. The molecule has 0 unspecified atom stereocenters. The first kappa shape index (κ1) is 18.7. The predicted octanol–water partition coefficient (Wildman–Crippen LogP) is 2.99. The van der Waals surface area contributed by atoms with E-state index in [0.29, 0.717) is 19.7 Å². The van der Waals surface area contributed by atoms with Gasteiger partial charge < -0.3 is 10.2 Å². The van der Waals surface area contributed by atoms with Gasteiger partial charge in [-0.2, -0.15) is 0 Å². The molecule has 1 aliphatic heterocycles. The molecule has 3 amide bonds. The van der Waals surface area contributed by atoms with E-state index in [4.69, 9.17) is 4.84 Å². The Bertz CT molecular complexity index is 579. The van der Waals surface area contributed by atoms with Crippen LogP contribution in [-0.2, 0) is 16.2 Å². The van der Waals surface area contributed by atoms with E-state index in [1.54, 1.807) is 4.90 Å². The van der Waals surface area contributed by atoms with Gasteiger partial charge in [0.25, 0.3) is 0 Å². The molecule has 2 aliphatic rings. The Morgan fingerprint density at radius 1 is 1.00 bits per heavy atom. The molecule has 2 fully saturated rings. The zero-order valence-corrected chi connectivity index (χ0v) is 15.3. The van der Waals surface area contributed by atoms with Crippen molar-refractivity contribution in [3.8, 4) is 0 Å². The zero-order valence-electron chi connectivity index (χ0n) is 15.3. The molecule has 0 spiro atoms. The minimum absolute atomic E-state index is 0.179. The summed E-state index contributed by atoms with van der Waals surface area (Å²) in [6, 6.07) is 9.69. The molecule has 26 heavy (non-hydrogen) atoms. The molecule has 0 aromatic heterocycles. The maximum atomic E-state index is 12.3. The SMILES string of the molecule is O=C(NC1CCN(C(=O)NOCc2ccccc2)CC1)C1CCCCC1. The monoisotopic (exact) mass is 359 g/mol. The number of hydrogen-bond acceptors (Lipinski definition) is 3. The van der Waals surface area contributed by atoms with Crippen LogP contribution < -0.4 is 10.8 Å². The molecule has 3 rings (SSSR count). The van der Waals surface area contributed by atoms with Crippen molar-refractivity contribution in [3.63, 3.8) is 0 Å². The van der Waals surface area contributed by atoms with Gasteiger partial charge in [0.1, 0.15) is 0 Å². The van der Waals surface area contributed by atoms with Crippen molar-refractivity contribution in [1.29, 1.82) is 0 Å². The second-order valence-corrected chi connectivity index (χ2v) is 7.29. The van der Waals surface area contributed by atoms with Crippen LogP contribution in [0, 0.1) is 5.92 Å². The first-order chi connectivity index (χ1) is 12.7. The van der Waals surface area contributed by atoms with Crippen molar-refractivity contribution in [3.05, 3.63) is 35.9 Å². The summed E-state index contributed by atoms with van der Waals surface area (Å²) in [5.74, 6) is 0.398. The predicted molar refractivity (Wildman–Crippen MR) is 99.1 cm³/mol. The highest BCUT2D eigenvalue weighted by atomic mass is 16.7. The number of hydrogen-bond donors (Lipinski definition) is 2. The van der Waals surface area contributed by atoms with Gasteiger partial charge in [-0.05, 0) is 31.2 Å². The minimum Gasteiger partial charge on any atom is -0.353 e. The Labute approximate surface area is 155 Å². The van der Waals surface area contributed by atoms with Gasteiger partial charge in [0.2, 0.25) is 5.91 Å². The van der Waals surface area contributed by atoms with Gasteiger partial charge in [0.05, 0.1) is 6.61 Å². The number of amides is 3. The average Bonchev–Trinajstić information content (AvgIpc) is 2.70. The molecule has 142 valence electrons. The van der Waals surface area contributed by atoms with E-state index < -0.39 is 0 Å². The second-order valence-electron chi connectivity index (χ2n) is 7.29. The van der Waals surface area contributed by atoms with Crippen LogP contribution >= 0.6 is 0 Å². The van der Waals surface area contributed by atoms with E-state index >= 15 is 0 Å². The lowest BCUT2D eigenvalue weighted by atomic mass is 9.88. The maximum absolute atomic E-state index is 12.3. The summed E-state index contributed by atoms with van der Waals surface area (Å²) in [7, 11) is 0. The number of nitrogens with zero attached hydrogens (tertiary/aromatic N) is 1. The fraction of sp³-hybridized carbons (Fsp3) is 0.600. The molecule has 6 nitrogen and oxygen atoms in total. The molecule has 6 heteroatoms. The molecule has 1 aromatic rings. The first-order valence-electron chi connectivity index (χ1n) is 9.73. The quantitative estimate of drug-likeness (QED) is 0.794. The highest BCUT2D eigenvalue weighted by Crippen LogP contribution is 2.24. The highest BCUT2D eigenvalue weighted by Gasteiger charge is 2.27. The lowest BCUT2D eigenvalue weighted by Crippen LogP contribution is -2.50. The third-order valence-electron chi connectivity index (χ3n) is 5.35. The van der Waals surface area contributed by atoms with Crippen molar-refractivity contribution in [2.24, 2.45) is 5.92 Å². The third-order valence-corrected chi connectivity index (χ3v) is 5.35. The van der Waals surface area contributed by atoms with Crippen LogP contribution in [0.1, 0.15) is 50.5 Å². The van der Waals surface area contributed by atoms with E-state index in [2.05, 4.69) is 10.8 Å². The fourth-order valence-corrected chi connectivity index (χ4v) is 3.73. The Kier molecular flexibility index (Phi) is 6.89. The summed E-state index contributed by atoms with van der Waals surface area (Å²) in [4.78, 5) is 31.5. The Morgan fingerprint density at radius 2 is 1.69 bits per heavy atom. The van der Waals surface area contributed by atoms with Crippen molar-refractivity contribution >= 4 is 11.9 Å². The van der Waals surface area contributed by atoms with Crippen LogP contribution in [0.2, 0.25) is 0 Å². The van der Waals surface area contributed by atoms with E-state index in [1.807, 2.05) is 30.3 Å². The van der Waals surface area contributed by atoms with Gasteiger partial charge in [-0.15, -0.1) is 0 Å². The van der Waals surface area contributed by atoms with Crippen LogP contribution in [-0.4, -0.2) is 36.0 Å². The van der Waals surface area contributed by atoms with E-state index in [9.17, 15) is 9.59 Å². The Morgan fingerprint density at radius 3 is 2.38 bits per heavy atom. The van der Waals surface area contributed by atoms with Gasteiger partial charge >= 0.3 is 6.03 Å². The van der Waals surface area contributed by atoms with E-state index in [1.165, 1.54) is 19.3 Å². The summed E-state index contributed by atoms with van der Waals surface area (Å²) in [6.07, 6.45) is 7.22. The van der Waals surface area contributed by atoms with Crippen molar-refractivity contribution in [1.82, 2.24) is 15.7 Å². The number of nitrogens with one attached hydrogen (secondary N) is 2. The topological polar surface area (TPSA) is 70.7 Å². The lowest BCUT2D eigenvalue weighted by Gasteiger charge is -2.33. The molecular weight excluding hydrogens is 330 g/mol. The first-order valence-corrected chi connectivity index (χ1v) is 9.73. The maximum Gasteiger partial charge on any atom is 0.341 e. The van der Waals surface area contributed by atoms with E-state index in [-0.39, 0.29) is 23.9 Å². The molecule has 1 heterocycles. The second kappa shape index (κ2) is 9.57. The number of piperidine rings is 1. The molecule has 0 bridgehead atoms. The number of urea groups is 1. The summed E-state index contributed by atoms with van der Waals surface area (Å²) in [5, 5.41) is 3.18. The van der Waals surface area contributed by atoms with Gasteiger partial charge in [0.15, 0.2) is 0 Å². The average molecular weight is 359 g/mol. The molecular formula is C20H29N3O3. The molecule has 1 aromatic carbocycles. The Hall–Kier alpha value is -2.08. The minimum atomic E-state index is -0.210. The molecule has 0 atom stereocenters. The van der Waals surface area contributed by atoms with Crippen LogP contribution in [0.5, 0.6) is 0 Å². The summed E-state index contributed by atoms with van der Waals surface area (Å²) >= 11 is 0. The standard InChI is InChI=1S/C20H29N3O3/c24-19(17-9-5-2-6-10-17)21-18-11-13-23(14-12-18)20(25)22-26-15-16-7-3-1-4-8-16/h1,3-4,7-8,17-18H,2,5-6,9-15H2,(H,21,24)(H,22,25). The largest absolute Gasteiger partial charge is 0.353 e. The van der Waals surface area contributed by atoms with Crippen LogP contribution in [0.25, 0.3) is 0 Å². The normalized spacial score (nSPS) is 19.2. The third kappa shape index (κ3) is 5.46. The molecule has 2 N–H and O–H groups in total. The number of rotatable bonds is 5. The fourth-order valence-electron chi connectivity index (χ4n) is 3.73. The molecule has 1 aliphatic carbocycles. The van der Waals surface area contributed by atoms with Crippen molar-refractivity contribution < 1.29 is 14.4 Å². The number of likely N-dealkylation sites (tertiary alicyclic amines) is 1. The van der Waals surface area contributed by atoms with E-state index in [0.717, 1.165) is 31.2 Å². The summed E-state index contributed by atoms with van der Waals surface area (Å²) in [5.41, 5.74) is 3.52. The summed E-state index contributed by atoms with van der Waals surface area (Å²) in [6.45, 7) is 1.62. The molecule has 1 saturated heterocycles. The molecule has 1 saturated carbocycles. The van der Waals surface area contributed by atoms with Gasteiger partial charge in [0, 0.05) is 25.0 Å². The zero-order chi connectivity index (χ0) is 18.2. The number of benzene rings is 1. The number of hydroxylamine groups is 1. The number of carbonyl (C=O) groups is 2. The lowest BCUT2D eigenvalue weighted by molar-refractivity contribution is -0.126. The summed E-state index contributed by atoms with van der Waals surface area (Å²) < 4.78 is 0. The van der Waals surface area contributed by atoms with Crippen LogP contribution in [0.15, 0.2) is 30.3 Å². The van der Waals surface area contributed by atoms with Crippen molar-refractivity contribution in [2.75, 3.05) is 13.1 Å². The number of carbonyl (C=O) groups excluding carboxylic acids is 2. The van der Waals surface area contributed by atoms with Gasteiger partial charge in [-0.25, -0.2) is 10.3 Å². The smallest absolute Gasteiger partial charge is 0.341 e. The van der Waals surface area contributed by atoms with Crippen molar-refractivity contribution in [2.45, 2.75) is 57.6 Å². The van der Waals surface area contributed by atoms with Gasteiger partial charge in [-0.1, -0.05) is 49.6 Å². The van der Waals surface area contributed by atoms with Gasteiger partial charge in [-0.3, -0.25) is 9.63 Å².